The molecule has 17 nitrogen and oxygen atoms in total. The molecule has 0 unspecified atom stereocenters. The number of hydrogen-bond donors (Lipinski definition) is 4. The van der Waals surface area contributed by atoms with E-state index in [0.29, 0.717) is 64.7 Å². The summed E-state index contributed by atoms with van der Waals surface area (Å²) >= 11 is 0. The van der Waals surface area contributed by atoms with Crippen LogP contribution in [-0.2, 0) is 24.4 Å². The van der Waals surface area contributed by atoms with Crippen LogP contribution in [0.25, 0.3) is 22.1 Å². The van der Waals surface area contributed by atoms with Crippen LogP contribution in [0.5, 0.6) is 11.5 Å². The number of nitrogens with two attached hydrogens (primary N) is 3. The number of nitrogens with zero attached hydrogens (tertiary/aromatic N) is 7. The molecule has 2 saturated heterocycles. The van der Waals surface area contributed by atoms with E-state index < -0.39 is 17.7 Å². The van der Waals surface area contributed by atoms with Gasteiger partial charge in [0.1, 0.15) is 28.2 Å². The lowest BCUT2D eigenvalue weighted by Gasteiger charge is -2.51. The zero-order chi connectivity index (χ0) is 38.9. The monoisotopic (exact) mass is 753 g/mol. The average Bonchev–Trinajstić information content (AvgIpc) is 3.82. The summed E-state index contributed by atoms with van der Waals surface area (Å²) in [7, 11) is 1.48. The first-order valence-electron chi connectivity index (χ1n) is 18.5. The van der Waals surface area contributed by atoms with E-state index in [4.69, 9.17) is 31.4 Å². The summed E-state index contributed by atoms with van der Waals surface area (Å²) in [6.45, 7) is 8.78. The molecule has 3 aromatic heterocycles. The van der Waals surface area contributed by atoms with Crippen molar-refractivity contribution < 1.29 is 28.6 Å². The number of primary amides is 2. The van der Waals surface area contributed by atoms with Crippen molar-refractivity contribution in [2.75, 3.05) is 51.0 Å². The van der Waals surface area contributed by atoms with E-state index in [-0.39, 0.29) is 35.2 Å². The predicted molar refractivity (Wildman–Crippen MR) is 206 cm³/mol. The highest BCUT2D eigenvalue weighted by molar-refractivity contribution is 6.04. The summed E-state index contributed by atoms with van der Waals surface area (Å²) in [6.07, 6.45) is 8.04. The molecule has 2 fully saturated rings. The summed E-state index contributed by atoms with van der Waals surface area (Å²) in [5, 5.41) is 7.30. The highest BCUT2D eigenvalue weighted by Gasteiger charge is 2.44. The third kappa shape index (κ3) is 7.57. The number of nitrogens with one attached hydrogen (secondary N) is 1. The maximum atomic E-state index is 13.5. The third-order valence-corrected chi connectivity index (χ3v) is 10.2. The molecule has 17 heteroatoms. The number of ether oxygens (including phenoxy) is 3. The van der Waals surface area contributed by atoms with Crippen molar-refractivity contribution in [3.63, 3.8) is 0 Å². The Morgan fingerprint density at radius 3 is 2.27 bits per heavy atom. The number of imidazole rings is 2. The largest absolute Gasteiger partial charge is 0.494 e. The van der Waals surface area contributed by atoms with Gasteiger partial charge in [0.2, 0.25) is 23.7 Å². The molecule has 5 heterocycles. The number of rotatable bonds is 15. The minimum atomic E-state index is -0.641. The van der Waals surface area contributed by atoms with Crippen LogP contribution in [0.1, 0.15) is 69.5 Å². The fraction of sp³-hybridized carbons (Fsp3) is 0.421. The van der Waals surface area contributed by atoms with Crippen LogP contribution in [0, 0.1) is 6.92 Å². The van der Waals surface area contributed by atoms with Crippen molar-refractivity contribution in [3.05, 3.63) is 65.0 Å². The van der Waals surface area contributed by atoms with Crippen molar-refractivity contribution in [2.24, 2.45) is 11.5 Å². The normalized spacial score (nSPS) is 15.5. The van der Waals surface area contributed by atoms with Gasteiger partial charge in [-0.15, -0.1) is 0 Å². The minimum absolute atomic E-state index is 0.0259. The van der Waals surface area contributed by atoms with Crippen LogP contribution < -0.4 is 32.0 Å². The number of aryl methyl sites for hydroxylation is 2. The summed E-state index contributed by atoms with van der Waals surface area (Å²) in [4.78, 5) is 49.4. The summed E-state index contributed by atoms with van der Waals surface area (Å²) in [5.74, 6) is -0.359. The molecule has 0 atom stereocenters. The van der Waals surface area contributed by atoms with E-state index in [0.717, 1.165) is 45.5 Å². The van der Waals surface area contributed by atoms with E-state index in [1.807, 2.05) is 26.0 Å². The molecular weight excluding hydrogens is 706 g/mol. The lowest BCUT2D eigenvalue weighted by molar-refractivity contribution is -0.166. The molecule has 0 saturated carbocycles. The molecule has 5 aromatic rings. The molecule has 7 rings (SSSR count). The number of benzene rings is 2. The van der Waals surface area contributed by atoms with Gasteiger partial charge in [0.25, 0.3) is 5.91 Å². The first-order valence-corrected chi connectivity index (χ1v) is 18.5. The van der Waals surface area contributed by atoms with E-state index in [2.05, 4.69) is 25.3 Å². The number of hydrogen-bond acceptors (Lipinski definition) is 11. The maximum absolute atomic E-state index is 13.5. The quantitative estimate of drug-likeness (QED) is 0.0897. The topological polar surface area (TPSA) is 226 Å². The van der Waals surface area contributed by atoms with Crippen LogP contribution in [-0.4, -0.2) is 97.1 Å². The van der Waals surface area contributed by atoms with Gasteiger partial charge in [-0.3, -0.25) is 29.3 Å². The Hall–Kier alpha value is -5.94. The molecule has 3 amide bonds. The molecule has 290 valence electrons. The van der Waals surface area contributed by atoms with Crippen LogP contribution in [0.15, 0.2) is 42.5 Å². The fourth-order valence-corrected chi connectivity index (χ4v) is 7.54. The Kier molecular flexibility index (Phi) is 10.5. The first-order chi connectivity index (χ1) is 26.5. The van der Waals surface area contributed by atoms with Gasteiger partial charge in [-0.25, -0.2) is 9.97 Å². The smallest absolute Gasteiger partial charge is 0.276 e. The van der Waals surface area contributed by atoms with Gasteiger partial charge in [-0.1, -0.05) is 12.2 Å². The zero-order valence-electron chi connectivity index (χ0n) is 31.3. The van der Waals surface area contributed by atoms with Crippen molar-refractivity contribution >= 4 is 51.7 Å². The van der Waals surface area contributed by atoms with Gasteiger partial charge < -0.3 is 40.5 Å². The molecule has 2 aromatic carbocycles. The number of carbonyl (C=O) groups excluding carboxylic acids is 3. The number of allylic oxidation sites excluding steroid dienone is 2. The number of carbonyl (C=O) groups is 3. The Bertz CT molecular complexity index is 2290. The van der Waals surface area contributed by atoms with Crippen molar-refractivity contribution in [2.45, 2.75) is 64.8 Å². The molecule has 2 aliphatic heterocycles. The number of methoxy groups -OCH3 is 1. The van der Waals surface area contributed by atoms with Crippen molar-refractivity contribution in [1.82, 2.24) is 33.8 Å². The maximum Gasteiger partial charge on any atom is 0.276 e. The Morgan fingerprint density at radius 1 is 0.945 bits per heavy atom. The molecule has 0 aliphatic carbocycles. The molecule has 0 radical (unpaired) electrons. The second-order valence-corrected chi connectivity index (χ2v) is 14.1. The molecule has 1 spiro atoms. The van der Waals surface area contributed by atoms with Gasteiger partial charge in [0.15, 0.2) is 0 Å². The van der Waals surface area contributed by atoms with Gasteiger partial charge in [0, 0.05) is 57.0 Å². The number of fused-ring (bicyclic) bond motifs is 2. The van der Waals surface area contributed by atoms with Crippen LogP contribution in [0.2, 0.25) is 0 Å². The standard InChI is InChI=1S/C38H47N11O6/c1-4-49-28(16-23(2)45-49)35(52)44-37-43-27-18-24(33(39)50)19-29(53-3)31(27)48(37)13-7-6-12-47-32-26(42-36(47)41)17-25(34(40)51)20-30(32)54-14-9-11-46-21-38(22-46)10-5-8-15-55-38/h6-7,16-20H,4-5,8-15,21-22H2,1-3H3,(H2,39,50)(H2,40,51)(H2,41,42)(H,43,44,52)/b7-6+. The highest BCUT2D eigenvalue weighted by atomic mass is 16.5. The fourth-order valence-electron chi connectivity index (χ4n) is 7.54. The number of aromatic nitrogens is 6. The van der Waals surface area contributed by atoms with Crippen LogP contribution >= 0.6 is 0 Å². The highest BCUT2D eigenvalue weighted by Crippen LogP contribution is 2.35. The second kappa shape index (κ2) is 15.4. The molecule has 55 heavy (non-hydrogen) atoms. The average molecular weight is 754 g/mol. The SMILES string of the molecule is CCn1nc(C)cc1C(=O)Nc1nc2cc(C(N)=O)cc(OC)c2n1C/C=C/Cn1c(N)nc2cc(C(N)=O)cc(OCCCN3CC4(CCCCO4)C3)c21. The summed E-state index contributed by atoms with van der Waals surface area (Å²) in [5.41, 5.74) is 21.4. The van der Waals surface area contributed by atoms with Gasteiger partial charge in [0.05, 0.1) is 36.0 Å². The van der Waals surface area contributed by atoms with E-state index in [9.17, 15) is 14.4 Å². The van der Waals surface area contributed by atoms with Crippen molar-refractivity contribution in [3.8, 4) is 11.5 Å². The Labute approximate surface area is 317 Å². The lowest BCUT2D eigenvalue weighted by atomic mass is 9.86. The zero-order valence-corrected chi connectivity index (χ0v) is 31.3. The molecule has 2 aliphatic rings. The first kappa shape index (κ1) is 37.4. The number of anilines is 2. The number of nitrogen functional groups attached to an aromatic ring is 1. The number of amides is 3. The predicted octanol–water partition coefficient (Wildman–Crippen LogP) is 3.23. The van der Waals surface area contributed by atoms with Gasteiger partial charge in [-0.05, 0) is 69.9 Å². The summed E-state index contributed by atoms with van der Waals surface area (Å²) < 4.78 is 23.2. The number of likely N-dealkylation sites (tertiary alicyclic amines) is 1. The van der Waals surface area contributed by atoms with Gasteiger partial charge in [-0.2, -0.15) is 5.10 Å². The third-order valence-electron chi connectivity index (χ3n) is 10.2. The molecule has 7 N–H and O–H groups in total. The van der Waals surface area contributed by atoms with Crippen molar-refractivity contribution in [1.29, 1.82) is 0 Å². The van der Waals surface area contributed by atoms with Crippen LogP contribution in [0.3, 0.4) is 0 Å². The minimum Gasteiger partial charge on any atom is -0.494 e. The molecule has 0 bridgehead atoms. The lowest BCUT2D eigenvalue weighted by Crippen LogP contribution is -2.64. The second-order valence-electron chi connectivity index (χ2n) is 14.1. The van der Waals surface area contributed by atoms with E-state index in [1.54, 1.807) is 44.1 Å². The van der Waals surface area contributed by atoms with Crippen LogP contribution in [0.4, 0.5) is 11.9 Å². The van der Waals surface area contributed by atoms with E-state index in [1.165, 1.54) is 13.5 Å². The van der Waals surface area contributed by atoms with Gasteiger partial charge >= 0.3 is 0 Å². The molecular formula is C38H47N11O6. The Morgan fingerprint density at radius 2 is 1.62 bits per heavy atom. The Balaban J connectivity index is 1.12. The van der Waals surface area contributed by atoms with E-state index >= 15 is 0 Å². The summed E-state index contributed by atoms with van der Waals surface area (Å²) in [6, 6.07) is 8.04.